The van der Waals surface area contributed by atoms with Gasteiger partial charge in [0.2, 0.25) is 0 Å². The summed E-state index contributed by atoms with van der Waals surface area (Å²) in [5.74, 6) is 2.32. The van der Waals surface area contributed by atoms with Crippen LogP contribution in [0, 0.1) is 6.92 Å². The molecule has 0 aliphatic carbocycles. The maximum Gasteiger partial charge on any atom is 0.175 e. The number of aryl methyl sites for hydroxylation is 1. The summed E-state index contributed by atoms with van der Waals surface area (Å²) < 4.78 is 9.34. The number of nitrogens with zero attached hydrogens (tertiary/aromatic N) is 4. The fourth-order valence-corrected chi connectivity index (χ4v) is 2.97. The zero-order valence-electron chi connectivity index (χ0n) is 15.8. The van der Waals surface area contributed by atoms with Crippen LogP contribution in [0.4, 0.5) is 0 Å². The van der Waals surface area contributed by atoms with Crippen molar-refractivity contribution < 1.29 is 9.84 Å². The van der Waals surface area contributed by atoms with Crippen molar-refractivity contribution in [3.8, 4) is 17.3 Å². The van der Waals surface area contributed by atoms with Gasteiger partial charge in [0, 0.05) is 24.7 Å². The first-order valence-electron chi connectivity index (χ1n) is 8.89. The average molecular weight is 354 g/mol. The van der Waals surface area contributed by atoms with Crippen molar-refractivity contribution in [2.24, 2.45) is 7.05 Å². The zero-order valence-corrected chi connectivity index (χ0v) is 15.8. The molecule has 0 aliphatic rings. The third-order valence-corrected chi connectivity index (χ3v) is 4.71. The van der Waals surface area contributed by atoms with Gasteiger partial charge >= 0.3 is 0 Å². The lowest BCUT2D eigenvalue weighted by Gasteiger charge is -2.11. The molecule has 0 spiro atoms. The molecule has 138 valence electrons. The zero-order chi connectivity index (χ0) is 18.7. The van der Waals surface area contributed by atoms with E-state index in [0.29, 0.717) is 25.2 Å². The Kier molecular flexibility index (Phi) is 5.42. The van der Waals surface area contributed by atoms with E-state index in [1.807, 2.05) is 49.0 Å². The van der Waals surface area contributed by atoms with Gasteiger partial charge in [0.15, 0.2) is 11.6 Å². The van der Waals surface area contributed by atoms with Crippen LogP contribution in [-0.4, -0.2) is 37.7 Å². The lowest BCUT2D eigenvalue weighted by atomic mass is 10.1. The van der Waals surface area contributed by atoms with Crippen LogP contribution in [0.1, 0.15) is 30.4 Å². The van der Waals surface area contributed by atoms with Crippen LogP contribution in [0.15, 0.2) is 36.4 Å². The second-order valence-corrected chi connectivity index (χ2v) is 6.50. The van der Waals surface area contributed by atoms with Crippen molar-refractivity contribution in [1.82, 2.24) is 19.3 Å². The molecular weight excluding hydrogens is 328 g/mol. The number of aliphatic hydroxyl groups is 1. The number of aliphatic hydroxyl groups excluding tert-OH is 1. The van der Waals surface area contributed by atoms with E-state index in [-0.39, 0.29) is 0 Å². The molecule has 3 rings (SSSR count). The molecule has 0 bridgehead atoms. The summed E-state index contributed by atoms with van der Waals surface area (Å²) in [6, 6.07) is 12.0. The van der Waals surface area contributed by atoms with Crippen LogP contribution in [0.2, 0.25) is 0 Å². The summed E-state index contributed by atoms with van der Waals surface area (Å²) in [6.45, 7) is 4.44. The van der Waals surface area contributed by atoms with Crippen molar-refractivity contribution in [3.63, 3.8) is 0 Å². The third-order valence-electron chi connectivity index (χ3n) is 4.71. The van der Waals surface area contributed by atoms with Gasteiger partial charge in [0.1, 0.15) is 5.75 Å². The first-order chi connectivity index (χ1) is 12.5. The Hall–Kier alpha value is -2.60. The van der Waals surface area contributed by atoms with Gasteiger partial charge in [-0.3, -0.25) is 0 Å². The number of rotatable bonds is 7. The molecule has 1 N–H and O–H groups in total. The average Bonchev–Trinajstić information content (AvgIpc) is 3.18. The molecule has 6 heteroatoms. The van der Waals surface area contributed by atoms with Gasteiger partial charge in [-0.2, -0.15) is 5.10 Å². The number of ether oxygens (including phenoxy) is 1. The monoisotopic (exact) mass is 354 g/mol. The number of benzene rings is 1. The van der Waals surface area contributed by atoms with Crippen molar-refractivity contribution in [2.75, 3.05) is 7.11 Å². The first-order valence-corrected chi connectivity index (χ1v) is 8.89. The van der Waals surface area contributed by atoms with Crippen LogP contribution in [0.3, 0.4) is 0 Å². The molecule has 1 atom stereocenters. The van der Waals surface area contributed by atoms with Crippen LogP contribution in [0.25, 0.3) is 11.5 Å². The molecule has 0 fully saturated rings. The highest BCUT2D eigenvalue weighted by molar-refractivity contribution is 5.52. The number of methoxy groups -OCH3 is 1. The molecule has 0 saturated carbocycles. The standard InChI is InChI=1S/C20H26N4O2/c1-5-16(25)13-24-20(17-11-10-14(2)23(17)3)21-19(22-24)12-15-8-6-7-9-18(15)26-4/h6-11,16,25H,5,12-13H2,1-4H3. The molecule has 6 nitrogen and oxygen atoms in total. The summed E-state index contributed by atoms with van der Waals surface area (Å²) in [6.07, 6.45) is 0.805. The fourth-order valence-electron chi connectivity index (χ4n) is 2.97. The summed E-state index contributed by atoms with van der Waals surface area (Å²) in [7, 11) is 3.68. The molecule has 1 unspecified atom stereocenters. The second-order valence-electron chi connectivity index (χ2n) is 6.50. The molecular formula is C20H26N4O2. The van der Waals surface area contributed by atoms with Gasteiger partial charge in [-0.1, -0.05) is 25.1 Å². The number of hydrogen-bond donors (Lipinski definition) is 1. The molecule has 0 amide bonds. The molecule has 0 radical (unpaired) electrons. The topological polar surface area (TPSA) is 65.1 Å². The second kappa shape index (κ2) is 7.74. The lowest BCUT2D eigenvalue weighted by Crippen LogP contribution is -2.17. The van der Waals surface area contributed by atoms with E-state index in [0.717, 1.165) is 28.5 Å². The quantitative estimate of drug-likeness (QED) is 0.708. The molecule has 26 heavy (non-hydrogen) atoms. The Labute approximate surface area is 154 Å². The largest absolute Gasteiger partial charge is 0.496 e. The molecule has 0 saturated heterocycles. The Morgan fingerprint density at radius 2 is 1.96 bits per heavy atom. The summed E-state index contributed by atoms with van der Waals surface area (Å²) in [5, 5.41) is 14.8. The van der Waals surface area contributed by atoms with Crippen LogP contribution in [0.5, 0.6) is 5.75 Å². The van der Waals surface area contributed by atoms with Gasteiger partial charge in [0.05, 0.1) is 25.5 Å². The van der Waals surface area contributed by atoms with Crippen molar-refractivity contribution in [1.29, 1.82) is 0 Å². The Morgan fingerprint density at radius 1 is 1.19 bits per heavy atom. The SMILES string of the molecule is CCC(O)Cn1nc(Cc2ccccc2OC)nc1-c1ccc(C)n1C. The Bertz CT molecular complexity index is 882. The predicted molar refractivity (Wildman–Crippen MR) is 101 cm³/mol. The highest BCUT2D eigenvalue weighted by atomic mass is 16.5. The maximum absolute atomic E-state index is 10.1. The van der Waals surface area contributed by atoms with Crippen LogP contribution in [-0.2, 0) is 20.0 Å². The summed E-state index contributed by atoms with van der Waals surface area (Å²) >= 11 is 0. The molecule has 2 heterocycles. The maximum atomic E-state index is 10.1. The molecule has 2 aromatic heterocycles. The van der Waals surface area contributed by atoms with E-state index in [1.165, 1.54) is 0 Å². The van der Waals surface area contributed by atoms with Crippen LogP contribution < -0.4 is 4.74 Å². The van der Waals surface area contributed by atoms with Crippen molar-refractivity contribution >= 4 is 0 Å². The van der Waals surface area contributed by atoms with Crippen LogP contribution >= 0.6 is 0 Å². The van der Waals surface area contributed by atoms with Gasteiger partial charge in [-0.25, -0.2) is 9.67 Å². The number of hydrogen-bond acceptors (Lipinski definition) is 4. The smallest absolute Gasteiger partial charge is 0.175 e. The third kappa shape index (κ3) is 3.65. The minimum Gasteiger partial charge on any atom is -0.496 e. The predicted octanol–water partition coefficient (Wildman–Crippen LogP) is 2.96. The van der Waals surface area contributed by atoms with E-state index in [2.05, 4.69) is 22.7 Å². The van der Waals surface area contributed by atoms with E-state index in [1.54, 1.807) is 7.11 Å². The number of aromatic nitrogens is 4. The van der Waals surface area contributed by atoms with E-state index in [4.69, 9.17) is 9.72 Å². The van der Waals surface area contributed by atoms with Gasteiger partial charge < -0.3 is 14.4 Å². The van der Waals surface area contributed by atoms with Gasteiger partial charge in [0.25, 0.3) is 0 Å². The van der Waals surface area contributed by atoms with E-state index < -0.39 is 6.10 Å². The van der Waals surface area contributed by atoms with Crippen molar-refractivity contribution in [2.45, 2.75) is 39.3 Å². The molecule has 1 aromatic carbocycles. The van der Waals surface area contributed by atoms with Gasteiger partial charge in [-0.15, -0.1) is 0 Å². The summed E-state index contributed by atoms with van der Waals surface area (Å²) in [4.78, 5) is 4.78. The fraction of sp³-hybridized carbons (Fsp3) is 0.400. The highest BCUT2D eigenvalue weighted by Crippen LogP contribution is 2.24. The Balaban J connectivity index is 1.99. The lowest BCUT2D eigenvalue weighted by molar-refractivity contribution is 0.145. The van der Waals surface area contributed by atoms with E-state index >= 15 is 0 Å². The first kappa shape index (κ1) is 18.2. The molecule has 3 aromatic rings. The number of para-hydroxylation sites is 1. The van der Waals surface area contributed by atoms with Gasteiger partial charge in [-0.05, 0) is 31.5 Å². The summed E-state index contributed by atoms with van der Waals surface area (Å²) in [5.41, 5.74) is 3.18. The van der Waals surface area contributed by atoms with E-state index in [9.17, 15) is 5.11 Å². The molecule has 0 aliphatic heterocycles. The minimum atomic E-state index is -0.448. The minimum absolute atomic E-state index is 0.426. The van der Waals surface area contributed by atoms with Crippen molar-refractivity contribution in [3.05, 3.63) is 53.5 Å². The Morgan fingerprint density at radius 3 is 2.62 bits per heavy atom. The highest BCUT2D eigenvalue weighted by Gasteiger charge is 2.18. The normalized spacial score (nSPS) is 12.3.